The highest BCUT2D eigenvalue weighted by Gasteiger charge is 2.14. The van der Waals surface area contributed by atoms with Crippen LogP contribution in [0.5, 0.6) is 0 Å². The second-order valence-electron chi connectivity index (χ2n) is 5.54. The van der Waals surface area contributed by atoms with Gasteiger partial charge >= 0.3 is 0 Å². The average Bonchev–Trinajstić information content (AvgIpc) is 2.62. The third-order valence-electron chi connectivity index (χ3n) is 3.53. The molecule has 0 radical (unpaired) electrons. The van der Waals surface area contributed by atoms with Crippen molar-refractivity contribution in [3.63, 3.8) is 0 Å². The third-order valence-corrected chi connectivity index (χ3v) is 4.78. The SMILES string of the molecule is NS(=O)(=O)c1ccccc1Nc1ncc(Cl)c(NCc2cccc(F)c2)n1. The summed E-state index contributed by atoms with van der Waals surface area (Å²) in [6.07, 6.45) is 1.37. The Morgan fingerprint density at radius 2 is 1.93 bits per heavy atom. The van der Waals surface area contributed by atoms with E-state index in [9.17, 15) is 12.8 Å². The van der Waals surface area contributed by atoms with Crippen molar-refractivity contribution in [1.29, 1.82) is 0 Å². The number of aromatic nitrogens is 2. The molecule has 0 fully saturated rings. The van der Waals surface area contributed by atoms with Crippen LogP contribution in [0.15, 0.2) is 59.6 Å². The van der Waals surface area contributed by atoms with E-state index in [4.69, 9.17) is 16.7 Å². The number of rotatable bonds is 6. The predicted molar refractivity (Wildman–Crippen MR) is 102 cm³/mol. The monoisotopic (exact) mass is 407 g/mol. The Labute approximate surface area is 160 Å². The summed E-state index contributed by atoms with van der Waals surface area (Å²) in [5.41, 5.74) is 0.942. The minimum atomic E-state index is -3.92. The van der Waals surface area contributed by atoms with E-state index < -0.39 is 10.0 Å². The van der Waals surface area contributed by atoms with Crippen LogP contribution in [0.25, 0.3) is 0 Å². The molecular formula is C17H15ClFN5O2S. The first-order valence-electron chi connectivity index (χ1n) is 7.72. The highest BCUT2D eigenvalue weighted by atomic mass is 35.5. The van der Waals surface area contributed by atoms with Crippen LogP contribution < -0.4 is 15.8 Å². The van der Waals surface area contributed by atoms with E-state index in [1.165, 1.54) is 30.5 Å². The van der Waals surface area contributed by atoms with Crippen molar-refractivity contribution < 1.29 is 12.8 Å². The summed E-state index contributed by atoms with van der Waals surface area (Å²) in [6.45, 7) is 0.293. The lowest BCUT2D eigenvalue weighted by atomic mass is 10.2. The van der Waals surface area contributed by atoms with Gasteiger partial charge in [-0.2, -0.15) is 4.98 Å². The molecule has 0 atom stereocenters. The maximum Gasteiger partial charge on any atom is 0.240 e. The molecule has 10 heteroatoms. The lowest BCUT2D eigenvalue weighted by molar-refractivity contribution is 0.598. The second-order valence-corrected chi connectivity index (χ2v) is 7.48. The number of sulfonamides is 1. The van der Waals surface area contributed by atoms with Crippen LogP contribution in [-0.4, -0.2) is 18.4 Å². The number of benzene rings is 2. The van der Waals surface area contributed by atoms with Gasteiger partial charge in [-0.25, -0.2) is 22.9 Å². The molecule has 7 nitrogen and oxygen atoms in total. The molecule has 0 aliphatic carbocycles. The number of primary sulfonamides is 1. The van der Waals surface area contributed by atoms with Crippen molar-refractivity contribution in [2.24, 2.45) is 5.14 Å². The van der Waals surface area contributed by atoms with Gasteiger partial charge in [-0.1, -0.05) is 35.9 Å². The van der Waals surface area contributed by atoms with Gasteiger partial charge in [-0.05, 0) is 29.8 Å². The van der Waals surface area contributed by atoms with E-state index in [0.717, 1.165) is 0 Å². The van der Waals surface area contributed by atoms with Crippen molar-refractivity contribution in [3.8, 4) is 0 Å². The topological polar surface area (TPSA) is 110 Å². The fraction of sp³-hybridized carbons (Fsp3) is 0.0588. The first-order valence-corrected chi connectivity index (χ1v) is 9.65. The Bertz CT molecular complexity index is 1080. The molecule has 4 N–H and O–H groups in total. The molecule has 0 aliphatic heterocycles. The first kappa shape index (κ1) is 19.0. The molecule has 0 saturated heterocycles. The Morgan fingerprint density at radius 1 is 1.15 bits per heavy atom. The number of hydrogen-bond donors (Lipinski definition) is 3. The normalized spacial score (nSPS) is 11.2. The van der Waals surface area contributed by atoms with Gasteiger partial charge in [0.05, 0.1) is 11.9 Å². The quantitative estimate of drug-likeness (QED) is 0.578. The zero-order valence-electron chi connectivity index (χ0n) is 13.9. The van der Waals surface area contributed by atoms with Crippen LogP contribution in [0.2, 0.25) is 5.02 Å². The van der Waals surface area contributed by atoms with Gasteiger partial charge in [-0.15, -0.1) is 0 Å². The zero-order valence-corrected chi connectivity index (χ0v) is 15.4. The van der Waals surface area contributed by atoms with Gasteiger partial charge in [-0.3, -0.25) is 0 Å². The van der Waals surface area contributed by atoms with E-state index in [0.29, 0.717) is 17.9 Å². The van der Waals surface area contributed by atoms with Crippen molar-refractivity contribution in [2.45, 2.75) is 11.4 Å². The summed E-state index contributed by atoms with van der Waals surface area (Å²) in [5, 5.41) is 11.3. The van der Waals surface area contributed by atoms with Crippen LogP contribution in [0, 0.1) is 5.82 Å². The standard InChI is InChI=1S/C17H15ClFN5O2S/c18-13-10-22-17(23-14-6-1-2-7-15(14)27(20,25)26)24-16(13)21-9-11-4-3-5-12(19)8-11/h1-8,10H,9H2,(H2,20,25,26)(H2,21,22,23,24). The number of halogens is 2. The molecule has 3 rings (SSSR count). The molecule has 1 heterocycles. The summed E-state index contributed by atoms with van der Waals surface area (Å²) >= 11 is 6.10. The summed E-state index contributed by atoms with van der Waals surface area (Å²) < 4.78 is 36.6. The van der Waals surface area contributed by atoms with Gasteiger partial charge in [0, 0.05) is 6.54 Å². The molecule has 0 aliphatic rings. The van der Waals surface area contributed by atoms with Gasteiger partial charge in [0.1, 0.15) is 15.7 Å². The molecular weight excluding hydrogens is 393 g/mol. The molecule has 0 unspecified atom stereocenters. The minimum Gasteiger partial charge on any atom is -0.365 e. The summed E-state index contributed by atoms with van der Waals surface area (Å²) in [4.78, 5) is 8.18. The van der Waals surface area contributed by atoms with Gasteiger partial charge in [0.25, 0.3) is 0 Å². The minimum absolute atomic E-state index is 0.0854. The second kappa shape index (κ2) is 7.87. The Kier molecular flexibility index (Phi) is 5.54. The van der Waals surface area contributed by atoms with E-state index >= 15 is 0 Å². The zero-order chi connectivity index (χ0) is 19.4. The Hall–Kier alpha value is -2.75. The van der Waals surface area contributed by atoms with Crippen LogP contribution in [0.4, 0.5) is 21.8 Å². The number of anilines is 3. The fourth-order valence-corrected chi connectivity index (χ4v) is 3.17. The van der Waals surface area contributed by atoms with Crippen LogP contribution in [0.3, 0.4) is 0 Å². The molecule has 0 amide bonds. The van der Waals surface area contributed by atoms with E-state index in [-0.39, 0.29) is 27.4 Å². The predicted octanol–water partition coefficient (Wildman–Crippen LogP) is 3.27. The molecule has 0 bridgehead atoms. The van der Waals surface area contributed by atoms with Crippen molar-refractivity contribution in [3.05, 3.63) is 71.1 Å². The van der Waals surface area contributed by atoms with Crippen molar-refractivity contribution >= 4 is 39.1 Å². The molecule has 0 spiro atoms. The van der Waals surface area contributed by atoms with E-state index in [1.807, 2.05) is 0 Å². The maximum atomic E-state index is 13.3. The molecule has 27 heavy (non-hydrogen) atoms. The summed E-state index contributed by atoms with van der Waals surface area (Å²) in [5.74, 6) is 0.0915. The smallest absolute Gasteiger partial charge is 0.240 e. The Balaban J connectivity index is 1.82. The fourth-order valence-electron chi connectivity index (χ4n) is 2.32. The highest BCUT2D eigenvalue weighted by molar-refractivity contribution is 7.89. The first-order chi connectivity index (χ1) is 12.8. The third kappa shape index (κ3) is 4.91. The number of nitrogens with two attached hydrogens (primary N) is 1. The Morgan fingerprint density at radius 3 is 2.67 bits per heavy atom. The average molecular weight is 408 g/mol. The maximum absolute atomic E-state index is 13.3. The molecule has 3 aromatic rings. The largest absolute Gasteiger partial charge is 0.365 e. The van der Waals surface area contributed by atoms with Crippen LogP contribution in [0.1, 0.15) is 5.56 Å². The van der Waals surface area contributed by atoms with Crippen molar-refractivity contribution in [1.82, 2.24) is 9.97 Å². The summed E-state index contributed by atoms with van der Waals surface area (Å²) in [6, 6.07) is 12.2. The molecule has 140 valence electrons. The van der Waals surface area contributed by atoms with Gasteiger partial charge in [0.15, 0.2) is 5.82 Å². The highest BCUT2D eigenvalue weighted by Crippen LogP contribution is 2.25. The van der Waals surface area contributed by atoms with E-state index in [1.54, 1.807) is 24.3 Å². The van der Waals surface area contributed by atoms with E-state index in [2.05, 4.69) is 20.6 Å². The number of nitrogens with one attached hydrogen (secondary N) is 2. The van der Waals surface area contributed by atoms with Gasteiger partial charge in [0.2, 0.25) is 16.0 Å². The summed E-state index contributed by atoms with van der Waals surface area (Å²) in [7, 11) is -3.92. The van der Waals surface area contributed by atoms with Crippen LogP contribution in [-0.2, 0) is 16.6 Å². The van der Waals surface area contributed by atoms with Crippen molar-refractivity contribution in [2.75, 3.05) is 10.6 Å². The lowest BCUT2D eigenvalue weighted by Gasteiger charge is -2.12. The van der Waals surface area contributed by atoms with Crippen LogP contribution >= 0.6 is 11.6 Å². The number of para-hydroxylation sites is 1. The lowest BCUT2D eigenvalue weighted by Crippen LogP contribution is -2.14. The number of nitrogens with zero attached hydrogens (tertiary/aromatic N) is 2. The molecule has 2 aromatic carbocycles. The molecule has 0 saturated carbocycles. The van der Waals surface area contributed by atoms with Gasteiger partial charge < -0.3 is 10.6 Å². The molecule has 1 aromatic heterocycles. The number of hydrogen-bond acceptors (Lipinski definition) is 6.